The minimum absolute atomic E-state index is 0.116. The first-order chi connectivity index (χ1) is 15.1. The van der Waals surface area contributed by atoms with E-state index in [1.54, 1.807) is 24.5 Å². The van der Waals surface area contributed by atoms with E-state index in [1.807, 2.05) is 24.3 Å². The van der Waals surface area contributed by atoms with E-state index in [0.717, 1.165) is 43.3 Å². The number of nitrogens with one attached hydrogen (secondary N) is 2. The molecule has 2 aromatic rings. The molecule has 1 aliphatic rings. The highest BCUT2D eigenvalue weighted by Gasteiger charge is 2.20. The summed E-state index contributed by atoms with van der Waals surface area (Å²) in [4.78, 5) is 29.4. The van der Waals surface area contributed by atoms with Gasteiger partial charge in [-0.1, -0.05) is 17.3 Å². The molecule has 0 bridgehead atoms. The van der Waals surface area contributed by atoms with Crippen LogP contribution in [-0.4, -0.2) is 41.1 Å². The number of hydrogen-bond donors (Lipinski definition) is 3. The number of likely N-dealkylation sites (tertiary alicyclic amines) is 1. The summed E-state index contributed by atoms with van der Waals surface area (Å²) in [5.41, 5.74) is 9.34. The Kier molecular flexibility index (Phi) is 7.78. The van der Waals surface area contributed by atoms with Gasteiger partial charge in [0.15, 0.2) is 0 Å². The molecule has 160 valence electrons. The molecule has 1 amide bonds. The summed E-state index contributed by atoms with van der Waals surface area (Å²) in [5.74, 6) is -0.272. The van der Waals surface area contributed by atoms with Crippen molar-refractivity contribution in [3.8, 4) is 0 Å². The number of hydrogen-bond acceptors (Lipinski definition) is 7. The second kappa shape index (κ2) is 10.9. The molecule has 0 aliphatic carbocycles. The Morgan fingerprint density at radius 1 is 1.32 bits per heavy atom. The molecule has 8 nitrogen and oxygen atoms in total. The standard InChI is InChI=1S/C23H26N6O2/c24-12-19(13-25)22-9-10-26-14-18(22)5-8-23(30)27-20-6-3-17(4-7-20)15-29-11-1-2-21(16-29)28-31/h3-10,12-14,21,24H,1-2,11,15-16,25H2,(H,27,30)/b8-5+,19-13?,24-12?. The number of nitrogens with zero attached hydrogens (tertiary/aromatic N) is 3. The third-order valence-corrected chi connectivity index (χ3v) is 5.17. The van der Waals surface area contributed by atoms with Crippen molar-refractivity contribution in [3.63, 3.8) is 0 Å². The van der Waals surface area contributed by atoms with Crippen molar-refractivity contribution in [1.82, 2.24) is 9.88 Å². The molecule has 1 fully saturated rings. The molecule has 1 atom stereocenters. The number of aromatic nitrogens is 1. The maximum atomic E-state index is 12.3. The van der Waals surface area contributed by atoms with Gasteiger partial charge in [0, 0.05) is 60.8 Å². The summed E-state index contributed by atoms with van der Waals surface area (Å²) < 4.78 is 0. The van der Waals surface area contributed by atoms with E-state index in [2.05, 4.69) is 20.4 Å². The average molecular weight is 419 g/mol. The fourth-order valence-electron chi connectivity index (χ4n) is 3.58. The SMILES string of the molecule is N=CC(=CN)c1ccncc1/C=C/C(=O)Nc1ccc(CN2CCCC(N=O)C2)cc1. The molecule has 3 rings (SSSR count). The van der Waals surface area contributed by atoms with Crippen molar-refractivity contribution in [3.05, 3.63) is 76.6 Å². The zero-order valence-electron chi connectivity index (χ0n) is 17.2. The van der Waals surface area contributed by atoms with Crippen molar-refractivity contribution in [2.24, 2.45) is 10.9 Å². The van der Waals surface area contributed by atoms with Crippen LogP contribution in [0.3, 0.4) is 0 Å². The van der Waals surface area contributed by atoms with E-state index >= 15 is 0 Å². The zero-order valence-corrected chi connectivity index (χ0v) is 17.2. The van der Waals surface area contributed by atoms with Crippen LogP contribution in [0.15, 0.2) is 60.2 Å². The van der Waals surface area contributed by atoms with Gasteiger partial charge >= 0.3 is 0 Å². The number of carbonyl (C=O) groups excluding carboxylic acids is 1. The lowest BCUT2D eigenvalue weighted by atomic mass is 10.0. The first-order valence-corrected chi connectivity index (χ1v) is 10.1. The number of amides is 1. The molecule has 31 heavy (non-hydrogen) atoms. The predicted octanol–water partition coefficient (Wildman–Crippen LogP) is 3.41. The van der Waals surface area contributed by atoms with E-state index in [4.69, 9.17) is 11.1 Å². The van der Waals surface area contributed by atoms with Crippen molar-refractivity contribution < 1.29 is 4.79 Å². The van der Waals surface area contributed by atoms with Gasteiger partial charge < -0.3 is 16.5 Å². The van der Waals surface area contributed by atoms with Crippen LogP contribution in [0.1, 0.15) is 29.5 Å². The number of pyridine rings is 1. The summed E-state index contributed by atoms with van der Waals surface area (Å²) in [6, 6.07) is 9.29. The van der Waals surface area contributed by atoms with E-state index in [9.17, 15) is 9.70 Å². The number of rotatable bonds is 8. The fourth-order valence-corrected chi connectivity index (χ4v) is 3.58. The number of nitrogens with two attached hydrogens (primary N) is 1. The quantitative estimate of drug-likeness (QED) is 0.344. The van der Waals surface area contributed by atoms with Crippen LogP contribution in [0.5, 0.6) is 0 Å². The number of benzene rings is 1. The van der Waals surface area contributed by atoms with Gasteiger partial charge in [0.25, 0.3) is 0 Å². The van der Waals surface area contributed by atoms with Gasteiger partial charge in [-0.3, -0.25) is 14.7 Å². The molecule has 4 N–H and O–H groups in total. The first-order valence-electron chi connectivity index (χ1n) is 10.1. The third kappa shape index (κ3) is 6.16. The smallest absolute Gasteiger partial charge is 0.248 e. The highest BCUT2D eigenvalue weighted by atomic mass is 16.3. The molecule has 1 saturated heterocycles. The summed E-state index contributed by atoms with van der Waals surface area (Å²) >= 11 is 0. The topological polar surface area (TPSA) is 125 Å². The fraction of sp³-hybridized carbons (Fsp3) is 0.261. The van der Waals surface area contributed by atoms with Gasteiger partial charge in [-0.25, -0.2) is 0 Å². The Hall–Kier alpha value is -3.65. The Bertz CT molecular complexity index is 984. The molecular weight excluding hydrogens is 392 g/mol. The first kappa shape index (κ1) is 22.0. The molecule has 1 unspecified atom stereocenters. The lowest BCUT2D eigenvalue weighted by Crippen LogP contribution is -2.36. The molecule has 8 heteroatoms. The molecule has 1 aliphatic heterocycles. The highest BCUT2D eigenvalue weighted by Crippen LogP contribution is 2.19. The Balaban J connectivity index is 1.59. The van der Waals surface area contributed by atoms with Gasteiger partial charge in [-0.05, 0) is 54.8 Å². The zero-order chi connectivity index (χ0) is 22.1. The maximum absolute atomic E-state index is 12.3. The number of carbonyl (C=O) groups is 1. The molecular formula is C23H26N6O2. The molecule has 1 aromatic heterocycles. The van der Waals surface area contributed by atoms with E-state index in [0.29, 0.717) is 23.4 Å². The lowest BCUT2D eigenvalue weighted by molar-refractivity contribution is -0.111. The number of anilines is 1. The van der Waals surface area contributed by atoms with Crippen LogP contribution in [0.25, 0.3) is 11.6 Å². The monoisotopic (exact) mass is 418 g/mol. The number of allylic oxidation sites excluding steroid dienone is 1. The van der Waals surface area contributed by atoms with Crippen LogP contribution in [0, 0.1) is 10.3 Å². The molecule has 1 aromatic carbocycles. The summed E-state index contributed by atoms with van der Waals surface area (Å²) in [6.45, 7) is 2.42. The number of nitroso groups, excluding NO2 is 1. The summed E-state index contributed by atoms with van der Waals surface area (Å²) in [5, 5.41) is 13.5. The lowest BCUT2D eigenvalue weighted by Gasteiger charge is -2.29. The Labute approximate surface area is 181 Å². The summed E-state index contributed by atoms with van der Waals surface area (Å²) in [7, 11) is 0. The van der Waals surface area contributed by atoms with Crippen molar-refractivity contribution >= 4 is 29.5 Å². The van der Waals surface area contributed by atoms with Gasteiger partial charge in [0.2, 0.25) is 5.91 Å². The van der Waals surface area contributed by atoms with Gasteiger partial charge in [0.1, 0.15) is 6.04 Å². The van der Waals surface area contributed by atoms with E-state index in [1.165, 1.54) is 12.3 Å². The molecule has 0 radical (unpaired) electrons. The Morgan fingerprint density at radius 3 is 2.84 bits per heavy atom. The minimum atomic E-state index is -0.272. The van der Waals surface area contributed by atoms with Crippen LogP contribution >= 0.6 is 0 Å². The van der Waals surface area contributed by atoms with Crippen LogP contribution in [-0.2, 0) is 11.3 Å². The average Bonchev–Trinajstić information content (AvgIpc) is 2.80. The Morgan fingerprint density at radius 2 is 2.13 bits per heavy atom. The second-order valence-electron chi connectivity index (χ2n) is 7.39. The van der Waals surface area contributed by atoms with Gasteiger partial charge in [-0.15, -0.1) is 0 Å². The van der Waals surface area contributed by atoms with Crippen molar-refractivity contribution in [2.75, 3.05) is 18.4 Å². The maximum Gasteiger partial charge on any atom is 0.248 e. The van der Waals surface area contributed by atoms with Crippen LogP contribution < -0.4 is 11.1 Å². The van der Waals surface area contributed by atoms with Crippen LogP contribution in [0.4, 0.5) is 5.69 Å². The predicted molar refractivity (Wildman–Crippen MR) is 123 cm³/mol. The number of piperidine rings is 1. The molecule has 0 saturated carbocycles. The molecule has 2 heterocycles. The minimum Gasteiger partial charge on any atom is -0.404 e. The van der Waals surface area contributed by atoms with Gasteiger partial charge in [-0.2, -0.15) is 4.91 Å². The largest absolute Gasteiger partial charge is 0.404 e. The van der Waals surface area contributed by atoms with Gasteiger partial charge in [0.05, 0.1) is 0 Å². The highest BCUT2D eigenvalue weighted by molar-refractivity contribution is 6.10. The summed E-state index contributed by atoms with van der Waals surface area (Å²) in [6.07, 6.45) is 10.7. The van der Waals surface area contributed by atoms with E-state index < -0.39 is 0 Å². The van der Waals surface area contributed by atoms with Crippen molar-refractivity contribution in [1.29, 1.82) is 5.41 Å². The molecule has 0 spiro atoms. The van der Waals surface area contributed by atoms with Crippen molar-refractivity contribution in [2.45, 2.75) is 25.4 Å². The van der Waals surface area contributed by atoms with E-state index in [-0.39, 0.29) is 11.9 Å². The normalized spacial score (nSPS) is 17.4. The van der Waals surface area contributed by atoms with Crippen LogP contribution in [0.2, 0.25) is 0 Å². The third-order valence-electron chi connectivity index (χ3n) is 5.17. The second-order valence-corrected chi connectivity index (χ2v) is 7.39.